The molecule has 1 unspecified atom stereocenters. The van der Waals surface area contributed by atoms with Gasteiger partial charge in [-0.05, 0) is 70.5 Å². The van der Waals surface area contributed by atoms with Crippen molar-refractivity contribution in [3.8, 4) is 0 Å². The van der Waals surface area contributed by atoms with Crippen molar-refractivity contribution in [2.75, 3.05) is 26.2 Å². The molecule has 1 radical (unpaired) electrons. The molecule has 3 heterocycles. The highest BCUT2D eigenvalue weighted by Crippen LogP contribution is 2.32. The van der Waals surface area contributed by atoms with Gasteiger partial charge in [0.15, 0.2) is 0 Å². The molecule has 0 aromatic rings. The number of carbonyl (C=O) groups is 1. The van der Waals surface area contributed by atoms with Crippen molar-refractivity contribution in [1.29, 1.82) is 0 Å². The predicted octanol–water partition coefficient (Wildman–Crippen LogP) is 1.40. The summed E-state index contributed by atoms with van der Waals surface area (Å²) in [7, 11) is 0. The Balaban J connectivity index is 1.64. The van der Waals surface area contributed by atoms with Gasteiger partial charge < -0.3 is 10.6 Å². The number of fused-ring (bicyclic) bond motifs is 1. The number of hydrogen-bond acceptors (Lipinski definition) is 3. The summed E-state index contributed by atoms with van der Waals surface area (Å²) in [5.74, 6) is 0.598. The highest BCUT2D eigenvalue weighted by Gasteiger charge is 2.36. The molecule has 3 saturated heterocycles. The molecule has 0 aromatic heterocycles. The van der Waals surface area contributed by atoms with Gasteiger partial charge in [0.1, 0.15) is 0 Å². The summed E-state index contributed by atoms with van der Waals surface area (Å²) in [5, 5.41) is 0. The SMILES string of the molecule is NC(=O)C1C[CH]CCN1C[C@@H]1CCCN2CCCC[C@H]12. The van der Waals surface area contributed by atoms with E-state index in [0.717, 1.165) is 37.9 Å². The molecule has 0 spiro atoms. The van der Waals surface area contributed by atoms with Crippen molar-refractivity contribution < 1.29 is 4.79 Å². The molecule has 113 valence electrons. The van der Waals surface area contributed by atoms with Crippen molar-refractivity contribution in [2.24, 2.45) is 11.7 Å². The summed E-state index contributed by atoms with van der Waals surface area (Å²) in [4.78, 5) is 16.7. The molecule has 3 atom stereocenters. The maximum atomic E-state index is 11.6. The number of piperidine rings is 3. The Bertz CT molecular complexity index is 345. The highest BCUT2D eigenvalue weighted by molar-refractivity contribution is 5.80. The molecule has 3 rings (SSSR count). The lowest BCUT2D eigenvalue weighted by Gasteiger charge is -2.47. The van der Waals surface area contributed by atoms with Crippen LogP contribution in [0.5, 0.6) is 0 Å². The number of hydrogen-bond donors (Lipinski definition) is 1. The molecule has 4 nitrogen and oxygen atoms in total. The maximum absolute atomic E-state index is 11.6. The van der Waals surface area contributed by atoms with Gasteiger partial charge in [0.2, 0.25) is 5.91 Å². The molecule has 1 amide bonds. The van der Waals surface area contributed by atoms with Crippen LogP contribution in [0.2, 0.25) is 0 Å². The Kier molecular flexibility index (Phi) is 4.61. The van der Waals surface area contributed by atoms with E-state index < -0.39 is 0 Å². The van der Waals surface area contributed by atoms with Crippen molar-refractivity contribution in [3.63, 3.8) is 0 Å². The van der Waals surface area contributed by atoms with Gasteiger partial charge in [-0.1, -0.05) is 6.42 Å². The van der Waals surface area contributed by atoms with Gasteiger partial charge in [0.05, 0.1) is 6.04 Å². The summed E-state index contributed by atoms with van der Waals surface area (Å²) in [6, 6.07) is 0.708. The Morgan fingerprint density at radius 3 is 2.85 bits per heavy atom. The zero-order chi connectivity index (χ0) is 13.9. The van der Waals surface area contributed by atoms with Crippen LogP contribution in [0.1, 0.15) is 44.9 Å². The van der Waals surface area contributed by atoms with E-state index in [1.807, 2.05) is 0 Å². The van der Waals surface area contributed by atoms with Crippen molar-refractivity contribution in [2.45, 2.75) is 57.0 Å². The zero-order valence-electron chi connectivity index (χ0n) is 12.5. The summed E-state index contributed by atoms with van der Waals surface area (Å²) >= 11 is 0. The molecule has 4 heteroatoms. The Labute approximate surface area is 122 Å². The van der Waals surface area contributed by atoms with Crippen LogP contribution in [0.25, 0.3) is 0 Å². The lowest BCUT2D eigenvalue weighted by Crippen LogP contribution is -2.55. The van der Waals surface area contributed by atoms with Crippen molar-refractivity contribution in [3.05, 3.63) is 6.42 Å². The number of carbonyl (C=O) groups excluding carboxylic acids is 1. The third-order valence-electron chi connectivity index (χ3n) is 5.48. The van der Waals surface area contributed by atoms with E-state index in [2.05, 4.69) is 16.2 Å². The second-order valence-corrected chi connectivity index (χ2v) is 6.73. The molecule has 0 saturated carbocycles. The lowest BCUT2D eigenvalue weighted by atomic mass is 9.82. The third kappa shape index (κ3) is 3.01. The Hall–Kier alpha value is -0.610. The first-order valence-electron chi connectivity index (χ1n) is 8.35. The van der Waals surface area contributed by atoms with Crippen LogP contribution in [-0.2, 0) is 4.79 Å². The summed E-state index contributed by atoms with van der Waals surface area (Å²) < 4.78 is 0. The van der Waals surface area contributed by atoms with Crippen LogP contribution >= 0.6 is 0 Å². The van der Waals surface area contributed by atoms with Gasteiger partial charge in [-0.25, -0.2) is 0 Å². The van der Waals surface area contributed by atoms with E-state index in [1.165, 1.54) is 45.2 Å². The quantitative estimate of drug-likeness (QED) is 0.849. The van der Waals surface area contributed by atoms with Gasteiger partial charge in [-0.2, -0.15) is 0 Å². The van der Waals surface area contributed by atoms with Crippen molar-refractivity contribution in [1.82, 2.24) is 9.80 Å². The van der Waals surface area contributed by atoms with Gasteiger partial charge in [0.25, 0.3) is 0 Å². The number of likely N-dealkylation sites (tertiary alicyclic amines) is 1. The second kappa shape index (κ2) is 6.44. The largest absolute Gasteiger partial charge is 0.368 e. The van der Waals surface area contributed by atoms with E-state index in [9.17, 15) is 4.79 Å². The van der Waals surface area contributed by atoms with Crippen LogP contribution in [-0.4, -0.2) is 54.0 Å². The number of nitrogens with two attached hydrogens (primary N) is 1. The molecule has 3 aliphatic heterocycles. The molecule has 0 bridgehead atoms. The van der Waals surface area contributed by atoms with Crippen LogP contribution in [0.15, 0.2) is 0 Å². The summed E-state index contributed by atoms with van der Waals surface area (Å²) in [6.45, 7) is 4.65. The van der Waals surface area contributed by atoms with Crippen molar-refractivity contribution >= 4 is 5.91 Å². The second-order valence-electron chi connectivity index (χ2n) is 6.73. The smallest absolute Gasteiger partial charge is 0.234 e. The minimum Gasteiger partial charge on any atom is -0.368 e. The van der Waals surface area contributed by atoms with Gasteiger partial charge in [-0.15, -0.1) is 0 Å². The molecular weight excluding hydrogens is 250 g/mol. The molecule has 20 heavy (non-hydrogen) atoms. The van der Waals surface area contributed by atoms with Crippen LogP contribution in [0, 0.1) is 12.3 Å². The van der Waals surface area contributed by atoms with Gasteiger partial charge in [-0.3, -0.25) is 9.69 Å². The molecule has 0 aromatic carbocycles. The Morgan fingerprint density at radius 2 is 2.00 bits per heavy atom. The topological polar surface area (TPSA) is 49.6 Å². The molecule has 2 N–H and O–H groups in total. The van der Waals surface area contributed by atoms with Crippen LogP contribution in [0.4, 0.5) is 0 Å². The van der Waals surface area contributed by atoms with E-state index in [1.54, 1.807) is 0 Å². The first-order valence-corrected chi connectivity index (χ1v) is 8.35. The van der Waals surface area contributed by atoms with Gasteiger partial charge >= 0.3 is 0 Å². The third-order valence-corrected chi connectivity index (χ3v) is 5.48. The standard InChI is InChI=1S/C16H28N3O/c17-16(20)15-8-2-4-10-19(15)12-13-6-5-11-18-9-3-1-7-14(13)18/h2,13-15H,1,3-12H2,(H2,17,20)/t13-,14+,15?/m0/s1. The first kappa shape index (κ1) is 14.3. The fourth-order valence-corrected chi connectivity index (χ4v) is 4.44. The fraction of sp³-hybridized carbons (Fsp3) is 0.875. The number of primary amides is 1. The van der Waals surface area contributed by atoms with Crippen LogP contribution in [0.3, 0.4) is 0 Å². The molecule has 3 aliphatic rings. The fourth-order valence-electron chi connectivity index (χ4n) is 4.44. The minimum atomic E-state index is -0.141. The average molecular weight is 278 g/mol. The zero-order valence-corrected chi connectivity index (χ0v) is 12.5. The van der Waals surface area contributed by atoms with E-state index in [0.29, 0.717) is 0 Å². The molecule has 3 fully saturated rings. The number of nitrogens with zero attached hydrogens (tertiary/aromatic N) is 2. The van der Waals surface area contributed by atoms with Gasteiger partial charge in [0, 0.05) is 12.6 Å². The van der Waals surface area contributed by atoms with E-state index in [-0.39, 0.29) is 11.9 Å². The number of amides is 1. The van der Waals surface area contributed by atoms with E-state index >= 15 is 0 Å². The summed E-state index contributed by atoms with van der Waals surface area (Å²) in [5.41, 5.74) is 5.58. The first-order chi connectivity index (χ1) is 9.75. The minimum absolute atomic E-state index is 0.0530. The molecule has 0 aliphatic carbocycles. The number of rotatable bonds is 3. The molecular formula is C16H28N3O. The Morgan fingerprint density at radius 1 is 1.15 bits per heavy atom. The summed E-state index contributed by atoms with van der Waals surface area (Å²) in [6.07, 6.45) is 10.9. The predicted molar refractivity (Wildman–Crippen MR) is 80.0 cm³/mol. The highest BCUT2D eigenvalue weighted by atomic mass is 16.1. The van der Waals surface area contributed by atoms with E-state index in [4.69, 9.17) is 5.73 Å². The monoisotopic (exact) mass is 278 g/mol. The van der Waals surface area contributed by atoms with Crippen LogP contribution < -0.4 is 5.73 Å². The lowest BCUT2D eigenvalue weighted by molar-refractivity contribution is -0.124. The average Bonchev–Trinajstić information content (AvgIpc) is 2.48. The normalized spacial score (nSPS) is 36.5. The maximum Gasteiger partial charge on any atom is 0.234 e.